The molecule has 2 aliphatic carbocycles. The zero-order valence-electron chi connectivity index (χ0n) is 11.6. The van der Waals surface area contributed by atoms with Crippen molar-refractivity contribution >= 4 is 10.1 Å². The monoisotopic (exact) mass is 274 g/mol. The van der Waals surface area contributed by atoms with Crippen molar-refractivity contribution in [2.45, 2.75) is 24.7 Å². The van der Waals surface area contributed by atoms with Crippen LogP contribution in [-0.4, -0.2) is 13.0 Å². The van der Waals surface area contributed by atoms with E-state index in [0.29, 0.717) is 5.56 Å². The van der Waals surface area contributed by atoms with E-state index in [1.54, 1.807) is 18.2 Å². The quantitative estimate of drug-likeness (QED) is 0.638. The van der Waals surface area contributed by atoms with Gasteiger partial charge < -0.3 is 1.43 Å². The van der Waals surface area contributed by atoms with Crippen molar-refractivity contribution in [2.24, 2.45) is 0 Å². The molecule has 92 valence electrons. The van der Waals surface area contributed by atoms with Crippen LogP contribution in [0.4, 0.5) is 0 Å². The fraction of sp³-hybridized carbons (Fsp3) is 0.231. The van der Waals surface area contributed by atoms with Crippen LogP contribution in [0.25, 0.3) is 11.1 Å². The molecule has 0 fully saturated rings. The van der Waals surface area contributed by atoms with Crippen molar-refractivity contribution in [3.8, 4) is 11.1 Å². The van der Waals surface area contributed by atoms with Crippen molar-refractivity contribution < 1.29 is 44.0 Å². The minimum Gasteiger partial charge on any atom is -1.00 e. The molecule has 0 aliphatic heterocycles. The molecule has 0 spiro atoms. The van der Waals surface area contributed by atoms with Gasteiger partial charge in [-0.05, 0) is 23.6 Å². The second-order valence-corrected chi connectivity index (χ2v) is 5.39. The van der Waals surface area contributed by atoms with Crippen LogP contribution in [0.15, 0.2) is 41.3 Å². The first-order valence-corrected chi connectivity index (χ1v) is 6.96. The minimum absolute atomic E-state index is 0. The van der Waals surface area contributed by atoms with E-state index in [1.165, 1.54) is 0 Å². The molecule has 1 N–H and O–H groups in total. The molecule has 0 saturated heterocycles. The third-order valence-corrected chi connectivity index (χ3v) is 3.65. The van der Waals surface area contributed by atoms with E-state index >= 15 is 0 Å². The number of aryl methyl sites for hydroxylation is 1. The Morgan fingerprint density at radius 2 is 1.78 bits per heavy atom. The van der Waals surface area contributed by atoms with E-state index in [2.05, 4.69) is 0 Å². The minimum atomic E-state index is -4.16. The Bertz CT molecular complexity index is 613. The standard InChI is InChI=1S/C13H14O3S.Na.H/c1-2-6-10-9-13(17(14,15)16)12-8-5-3-4-7-11(10)12;;/h3-5,7-9H,2,6H2,1H3,(H,14,15,16);;/q;+1;-1. The molecule has 0 bridgehead atoms. The van der Waals surface area contributed by atoms with E-state index in [-0.39, 0.29) is 35.9 Å². The van der Waals surface area contributed by atoms with E-state index in [4.69, 9.17) is 0 Å². The largest absolute Gasteiger partial charge is 1.00 e. The molecule has 0 aromatic carbocycles. The zero-order chi connectivity index (χ0) is 12.5. The van der Waals surface area contributed by atoms with Gasteiger partial charge in [-0.15, -0.1) is 0 Å². The predicted octanol–water partition coefficient (Wildman–Crippen LogP) is 0.107. The summed E-state index contributed by atoms with van der Waals surface area (Å²) in [6.45, 7) is 2.04. The van der Waals surface area contributed by atoms with Crippen LogP contribution in [0.1, 0.15) is 20.3 Å². The van der Waals surface area contributed by atoms with Gasteiger partial charge in [0.25, 0.3) is 10.1 Å². The molecule has 5 heteroatoms. The first-order valence-electron chi connectivity index (χ1n) is 5.52. The molecule has 0 atom stereocenters. The summed E-state index contributed by atoms with van der Waals surface area (Å²) in [6.07, 6.45) is 1.73. The third-order valence-electron chi connectivity index (χ3n) is 2.75. The number of hydrogen-bond donors (Lipinski definition) is 1. The van der Waals surface area contributed by atoms with Crippen LogP contribution in [0, 0.1) is 0 Å². The van der Waals surface area contributed by atoms with Crippen molar-refractivity contribution in [2.75, 3.05) is 0 Å². The Kier molecular flexibility index (Phi) is 5.37. The summed E-state index contributed by atoms with van der Waals surface area (Å²) in [4.78, 5) is 0.00662. The Balaban J connectivity index is 0.00000162. The maximum Gasteiger partial charge on any atom is 1.00 e. The summed E-state index contributed by atoms with van der Waals surface area (Å²) in [5, 5.41) is 0. The Morgan fingerprint density at radius 3 is 2.33 bits per heavy atom. The Hall–Kier alpha value is -0.390. The van der Waals surface area contributed by atoms with Crippen LogP contribution < -0.4 is 29.6 Å². The molecule has 0 saturated carbocycles. The zero-order valence-corrected chi connectivity index (χ0v) is 13.4. The fourth-order valence-electron chi connectivity index (χ4n) is 2.05. The first kappa shape index (κ1) is 15.7. The summed E-state index contributed by atoms with van der Waals surface area (Å²) in [7, 11) is -4.16. The van der Waals surface area contributed by atoms with Crippen molar-refractivity contribution in [3.63, 3.8) is 0 Å². The van der Waals surface area contributed by atoms with E-state index in [0.717, 1.165) is 24.0 Å². The summed E-state index contributed by atoms with van der Waals surface area (Å²) in [5.41, 5.74) is 2.44. The average Bonchev–Trinajstić information content (AvgIpc) is 2.46. The second-order valence-electron chi connectivity index (χ2n) is 4.00. The molecular weight excluding hydrogens is 259 g/mol. The molecular formula is C13H15NaO3S. The number of rotatable bonds is 3. The maximum atomic E-state index is 11.3. The van der Waals surface area contributed by atoms with Gasteiger partial charge in [0.2, 0.25) is 0 Å². The van der Waals surface area contributed by atoms with Crippen LogP contribution in [0.5, 0.6) is 0 Å². The molecule has 2 aliphatic rings. The molecule has 2 rings (SSSR count). The van der Waals surface area contributed by atoms with Gasteiger partial charge in [-0.25, -0.2) is 0 Å². The van der Waals surface area contributed by atoms with E-state index in [9.17, 15) is 13.0 Å². The third kappa shape index (κ3) is 3.13. The molecule has 0 unspecified atom stereocenters. The summed E-state index contributed by atoms with van der Waals surface area (Å²) >= 11 is 0. The molecule has 18 heavy (non-hydrogen) atoms. The predicted molar refractivity (Wildman–Crippen MR) is 68.0 cm³/mol. The van der Waals surface area contributed by atoms with E-state index in [1.807, 2.05) is 25.1 Å². The number of hydrogen-bond acceptors (Lipinski definition) is 2. The molecule has 0 heterocycles. The fourth-order valence-corrected chi connectivity index (χ4v) is 2.79. The van der Waals surface area contributed by atoms with Crippen molar-refractivity contribution in [3.05, 3.63) is 42.0 Å². The average molecular weight is 274 g/mol. The van der Waals surface area contributed by atoms with Gasteiger partial charge in [-0.1, -0.05) is 43.7 Å². The number of fused-ring (bicyclic) bond motifs is 1. The van der Waals surface area contributed by atoms with E-state index < -0.39 is 10.1 Å². The topological polar surface area (TPSA) is 54.4 Å². The van der Waals surface area contributed by atoms with Gasteiger partial charge in [0.15, 0.2) is 0 Å². The van der Waals surface area contributed by atoms with Gasteiger partial charge in [0.1, 0.15) is 4.90 Å². The van der Waals surface area contributed by atoms with Gasteiger partial charge >= 0.3 is 29.6 Å². The van der Waals surface area contributed by atoms with Gasteiger partial charge in [0.05, 0.1) is 0 Å². The van der Waals surface area contributed by atoms with Gasteiger partial charge in [0, 0.05) is 5.56 Å². The van der Waals surface area contributed by atoms with Gasteiger partial charge in [-0.3, -0.25) is 4.55 Å². The molecule has 0 radical (unpaired) electrons. The maximum absolute atomic E-state index is 11.3. The van der Waals surface area contributed by atoms with Crippen molar-refractivity contribution in [1.82, 2.24) is 0 Å². The Morgan fingerprint density at radius 1 is 1.17 bits per heavy atom. The van der Waals surface area contributed by atoms with Crippen LogP contribution in [0.2, 0.25) is 0 Å². The van der Waals surface area contributed by atoms with Crippen molar-refractivity contribution in [1.29, 1.82) is 0 Å². The molecule has 3 nitrogen and oxygen atoms in total. The van der Waals surface area contributed by atoms with Gasteiger partial charge in [-0.2, -0.15) is 8.42 Å². The summed E-state index contributed by atoms with van der Waals surface area (Å²) in [5.74, 6) is 0. The van der Waals surface area contributed by atoms with Crippen LogP contribution >= 0.6 is 0 Å². The summed E-state index contributed by atoms with van der Waals surface area (Å²) in [6, 6.07) is 10.7. The first-order chi connectivity index (χ1) is 8.04. The Labute approximate surface area is 131 Å². The molecule has 0 amide bonds. The van der Waals surface area contributed by atoms with Crippen LogP contribution in [-0.2, 0) is 16.5 Å². The second kappa shape index (κ2) is 6.17. The smallest absolute Gasteiger partial charge is 1.00 e. The normalized spacial score (nSPS) is 11.2. The summed E-state index contributed by atoms with van der Waals surface area (Å²) < 4.78 is 31.9. The molecule has 0 aromatic heterocycles. The van der Waals surface area contributed by atoms with Crippen LogP contribution in [0.3, 0.4) is 0 Å². The SMILES string of the molecule is CCCc1cc(S(=O)(=O)O)c2cccccc1-2.[H-].[Na+]. The molecule has 0 aromatic rings.